The summed E-state index contributed by atoms with van der Waals surface area (Å²) in [5, 5.41) is 14.3. The predicted molar refractivity (Wildman–Crippen MR) is 78.0 cm³/mol. The molecule has 0 aliphatic rings. The summed E-state index contributed by atoms with van der Waals surface area (Å²) in [6.07, 6.45) is 2.62. The van der Waals surface area contributed by atoms with Crippen molar-refractivity contribution < 1.29 is 9.84 Å². The van der Waals surface area contributed by atoms with Gasteiger partial charge in [-0.15, -0.1) is 0 Å². The quantitative estimate of drug-likeness (QED) is 0.913. The Hall–Kier alpha value is -1.39. The van der Waals surface area contributed by atoms with Crippen molar-refractivity contribution in [3.05, 3.63) is 45.4 Å². The van der Waals surface area contributed by atoms with E-state index in [2.05, 4.69) is 10.4 Å². The van der Waals surface area contributed by atoms with Crippen LogP contribution in [0.3, 0.4) is 0 Å². The van der Waals surface area contributed by atoms with Crippen molar-refractivity contribution in [3.8, 4) is 5.75 Å². The van der Waals surface area contributed by atoms with Gasteiger partial charge < -0.3 is 9.84 Å². The summed E-state index contributed by atoms with van der Waals surface area (Å²) < 4.78 is 5.38. The number of methoxy groups -OCH3 is 1. The van der Waals surface area contributed by atoms with Gasteiger partial charge in [0.1, 0.15) is 5.75 Å². The second kappa shape index (κ2) is 6.17. The molecule has 2 aromatic heterocycles. The molecule has 0 saturated carbocycles. The Labute approximate surface area is 117 Å². The first-order chi connectivity index (χ1) is 9.11. The van der Waals surface area contributed by atoms with Gasteiger partial charge in [0.05, 0.1) is 13.2 Å². The van der Waals surface area contributed by atoms with Crippen LogP contribution in [0.25, 0.3) is 0 Å². The Bertz CT molecular complexity index is 537. The molecule has 2 aromatic rings. The van der Waals surface area contributed by atoms with Gasteiger partial charge in [0.25, 0.3) is 0 Å². The predicted octanol–water partition coefficient (Wildman–Crippen LogP) is 2.91. The fourth-order valence-electron chi connectivity index (χ4n) is 2.25. The lowest BCUT2D eigenvalue weighted by molar-refractivity contribution is 0.174. The van der Waals surface area contributed by atoms with Crippen LogP contribution >= 0.6 is 11.3 Å². The van der Waals surface area contributed by atoms with E-state index in [9.17, 15) is 5.11 Å². The van der Waals surface area contributed by atoms with Gasteiger partial charge in [-0.3, -0.25) is 4.98 Å². The highest BCUT2D eigenvalue weighted by molar-refractivity contribution is 7.07. The Kier molecular flexibility index (Phi) is 4.56. The van der Waals surface area contributed by atoms with Gasteiger partial charge in [0.15, 0.2) is 0 Å². The Morgan fingerprint density at radius 2 is 2.16 bits per heavy atom. The molecule has 0 aromatic carbocycles. The lowest BCUT2D eigenvalue weighted by atomic mass is 10.0. The summed E-state index contributed by atoms with van der Waals surface area (Å²) >= 11 is 1.65. The van der Waals surface area contributed by atoms with Crippen LogP contribution in [-0.2, 0) is 12.8 Å². The van der Waals surface area contributed by atoms with Crippen LogP contribution in [-0.4, -0.2) is 23.3 Å². The second-order valence-electron chi connectivity index (χ2n) is 4.74. The molecule has 0 aliphatic carbocycles. The molecule has 0 bridgehead atoms. The van der Waals surface area contributed by atoms with E-state index in [-0.39, 0.29) is 0 Å². The molecule has 1 N–H and O–H groups in total. The molecule has 0 saturated heterocycles. The minimum atomic E-state index is -0.409. The van der Waals surface area contributed by atoms with E-state index in [1.165, 1.54) is 5.56 Å². The lowest BCUT2D eigenvalue weighted by Gasteiger charge is -2.14. The minimum absolute atomic E-state index is 0.409. The number of aliphatic hydroxyl groups excluding tert-OH is 1. The van der Waals surface area contributed by atoms with Crippen LogP contribution in [0.2, 0.25) is 0 Å². The Morgan fingerprint density at radius 1 is 1.37 bits per heavy atom. The zero-order valence-corrected chi connectivity index (χ0v) is 12.3. The van der Waals surface area contributed by atoms with Gasteiger partial charge >= 0.3 is 0 Å². The molecule has 2 heterocycles. The number of ether oxygens (including phenoxy) is 1. The van der Waals surface area contributed by atoms with Gasteiger partial charge in [-0.05, 0) is 42.7 Å². The normalized spacial score (nSPS) is 12.4. The van der Waals surface area contributed by atoms with E-state index in [0.29, 0.717) is 12.8 Å². The molecule has 0 amide bonds. The van der Waals surface area contributed by atoms with Crippen molar-refractivity contribution in [3.63, 3.8) is 0 Å². The molecular weight excluding hydrogens is 258 g/mol. The van der Waals surface area contributed by atoms with Gasteiger partial charge in [-0.25, -0.2) is 0 Å². The summed E-state index contributed by atoms with van der Waals surface area (Å²) in [4.78, 5) is 4.42. The molecule has 2 rings (SSSR count). The van der Waals surface area contributed by atoms with E-state index in [4.69, 9.17) is 4.74 Å². The SMILES string of the molecule is COc1c(C)cnc(CC(O)Cc2ccsc2)c1C. The zero-order chi connectivity index (χ0) is 13.8. The van der Waals surface area contributed by atoms with Crippen LogP contribution in [0.4, 0.5) is 0 Å². The third kappa shape index (κ3) is 3.33. The summed E-state index contributed by atoms with van der Waals surface area (Å²) in [5.41, 5.74) is 4.13. The maximum atomic E-state index is 10.2. The number of aliphatic hydroxyl groups is 1. The van der Waals surface area contributed by atoms with Crippen molar-refractivity contribution in [2.75, 3.05) is 7.11 Å². The number of rotatable bonds is 5. The van der Waals surface area contributed by atoms with Crippen LogP contribution < -0.4 is 4.74 Å². The third-order valence-corrected chi connectivity index (χ3v) is 3.96. The maximum absolute atomic E-state index is 10.2. The number of aromatic nitrogens is 1. The van der Waals surface area contributed by atoms with Gasteiger partial charge in [0.2, 0.25) is 0 Å². The largest absolute Gasteiger partial charge is 0.496 e. The molecule has 102 valence electrons. The fraction of sp³-hybridized carbons (Fsp3) is 0.400. The number of hydrogen-bond acceptors (Lipinski definition) is 4. The molecule has 0 fully saturated rings. The molecule has 19 heavy (non-hydrogen) atoms. The monoisotopic (exact) mass is 277 g/mol. The van der Waals surface area contributed by atoms with E-state index in [0.717, 1.165) is 22.6 Å². The molecule has 4 heteroatoms. The van der Waals surface area contributed by atoms with Crippen LogP contribution in [0, 0.1) is 13.8 Å². The topological polar surface area (TPSA) is 42.4 Å². The number of hydrogen-bond donors (Lipinski definition) is 1. The highest BCUT2D eigenvalue weighted by Crippen LogP contribution is 2.25. The van der Waals surface area contributed by atoms with E-state index >= 15 is 0 Å². The van der Waals surface area contributed by atoms with Crippen molar-refractivity contribution in [2.24, 2.45) is 0 Å². The lowest BCUT2D eigenvalue weighted by Crippen LogP contribution is -2.15. The summed E-state index contributed by atoms with van der Waals surface area (Å²) in [5.74, 6) is 0.868. The van der Waals surface area contributed by atoms with Crippen LogP contribution in [0.5, 0.6) is 5.75 Å². The van der Waals surface area contributed by atoms with E-state index in [1.807, 2.05) is 25.3 Å². The highest BCUT2D eigenvalue weighted by atomic mass is 32.1. The molecular formula is C15H19NO2S. The van der Waals surface area contributed by atoms with Crippen LogP contribution in [0.1, 0.15) is 22.4 Å². The number of nitrogens with zero attached hydrogens (tertiary/aromatic N) is 1. The first-order valence-electron chi connectivity index (χ1n) is 6.30. The molecule has 3 nitrogen and oxygen atoms in total. The Morgan fingerprint density at radius 3 is 2.79 bits per heavy atom. The summed E-state index contributed by atoms with van der Waals surface area (Å²) in [7, 11) is 1.67. The molecule has 0 spiro atoms. The van der Waals surface area contributed by atoms with Gasteiger partial charge in [-0.1, -0.05) is 0 Å². The zero-order valence-electron chi connectivity index (χ0n) is 11.5. The number of aryl methyl sites for hydroxylation is 1. The molecule has 0 aliphatic heterocycles. The summed E-state index contributed by atoms with van der Waals surface area (Å²) in [6, 6.07) is 2.05. The maximum Gasteiger partial charge on any atom is 0.128 e. The average Bonchev–Trinajstić information content (AvgIpc) is 2.86. The standard InChI is InChI=1S/C15H19NO2S/c1-10-8-16-14(11(2)15(10)18-3)7-13(17)6-12-4-5-19-9-12/h4-5,8-9,13,17H,6-7H2,1-3H3. The molecule has 1 unspecified atom stereocenters. The second-order valence-corrected chi connectivity index (χ2v) is 5.52. The average molecular weight is 277 g/mol. The third-order valence-electron chi connectivity index (χ3n) is 3.23. The summed E-state index contributed by atoms with van der Waals surface area (Å²) in [6.45, 7) is 3.97. The van der Waals surface area contributed by atoms with E-state index in [1.54, 1.807) is 24.6 Å². The van der Waals surface area contributed by atoms with Crippen molar-refractivity contribution in [1.82, 2.24) is 4.98 Å². The first-order valence-corrected chi connectivity index (χ1v) is 7.24. The van der Waals surface area contributed by atoms with Gasteiger partial charge in [0, 0.05) is 29.4 Å². The highest BCUT2D eigenvalue weighted by Gasteiger charge is 2.14. The van der Waals surface area contributed by atoms with Crippen molar-refractivity contribution in [2.45, 2.75) is 32.8 Å². The Balaban J connectivity index is 2.10. The molecule has 1 atom stereocenters. The number of thiophene rings is 1. The minimum Gasteiger partial charge on any atom is -0.496 e. The first kappa shape index (κ1) is 14.0. The molecule has 0 radical (unpaired) electrons. The van der Waals surface area contributed by atoms with E-state index < -0.39 is 6.10 Å². The van der Waals surface area contributed by atoms with Gasteiger partial charge in [-0.2, -0.15) is 11.3 Å². The number of pyridine rings is 1. The van der Waals surface area contributed by atoms with Crippen molar-refractivity contribution >= 4 is 11.3 Å². The smallest absolute Gasteiger partial charge is 0.128 e. The van der Waals surface area contributed by atoms with Crippen LogP contribution in [0.15, 0.2) is 23.0 Å². The fourth-order valence-corrected chi connectivity index (χ4v) is 2.93. The van der Waals surface area contributed by atoms with Crippen molar-refractivity contribution in [1.29, 1.82) is 0 Å².